The Balaban J connectivity index is 1.92. The zero-order valence-electron chi connectivity index (χ0n) is 12.5. The lowest BCUT2D eigenvalue weighted by Gasteiger charge is -2.14. The molecule has 1 aliphatic heterocycles. The highest BCUT2D eigenvalue weighted by atomic mass is 32.2. The van der Waals surface area contributed by atoms with E-state index in [1.54, 1.807) is 24.3 Å². The smallest absolute Gasteiger partial charge is 0.347 e. The average Bonchev–Trinajstić information content (AvgIpc) is 2.91. The molecule has 1 saturated heterocycles. The summed E-state index contributed by atoms with van der Waals surface area (Å²) < 4.78 is 35.6. The van der Waals surface area contributed by atoms with Crippen LogP contribution in [0.25, 0.3) is 6.08 Å². The van der Waals surface area contributed by atoms with Gasteiger partial charge in [-0.2, -0.15) is 4.72 Å². The minimum absolute atomic E-state index is 0.191. The van der Waals surface area contributed by atoms with Gasteiger partial charge in [0.05, 0.1) is 6.61 Å². The van der Waals surface area contributed by atoms with Crippen LogP contribution >= 0.6 is 0 Å². The highest BCUT2D eigenvalue weighted by molar-refractivity contribution is 7.92. The van der Waals surface area contributed by atoms with E-state index >= 15 is 0 Å². The molecule has 1 aromatic rings. The van der Waals surface area contributed by atoms with Gasteiger partial charge in [0.25, 0.3) is 0 Å². The van der Waals surface area contributed by atoms with Crippen molar-refractivity contribution in [2.75, 3.05) is 6.61 Å². The molecule has 1 fully saturated rings. The van der Waals surface area contributed by atoms with Gasteiger partial charge in [-0.25, -0.2) is 13.2 Å². The van der Waals surface area contributed by atoms with Crippen LogP contribution in [-0.4, -0.2) is 39.1 Å². The van der Waals surface area contributed by atoms with Gasteiger partial charge in [0.2, 0.25) is 16.1 Å². The average molecular weight is 339 g/mol. The van der Waals surface area contributed by atoms with Crippen molar-refractivity contribution in [3.8, 4) is 0 Å². The number of sulfonamides is 1. The number of hydrogen-bond acceptors (Lipinski definition) is 6. The second-order valence-corrected chi connectivity index (χ2v) is 6.58. The maximum atomic E-state index is 11.9. The molecule has 7 nitrogen and oxygen atoms in total. The molecule has 23 heavy (non-hydrogen) atoms. The Morgan fingerprint density at radius 1 is 1.39 bits per heavy atom. The summed E-state index contributed by atoms with van der Waals surface area (Å²) in [5, 5.41) is 0.968. The van der Waals surface area contributed by atoms with E-state index in [0.717, 1.165) is 5.41 Å². The Kier molecular flexibility index (Phi) is 5.51. The predicted octanol–water partition coefficient (Wildman–Crippen LogP) is 0.824. The van der Waals surface area contributed by atoms with Gasteiger partial charge in [-0.05, 0) is 18.6 Å². The molecule has 1 N–H and O–H groups in total. The molecule has 0 spiro atoms. The van der Waals surface area contributed by atoms with Crippen molar-refractivity contribution in [1.29, 1.82) is 0 Å². The molecule has 1 aliphatic rings. The number of benzene rings is 1. The Labute approximate surface area is 134 Å². The first-order chi connectivity index (χ1) is 10.9. The summed E-state index contributed by atoms with van der Waals surface area (Å²) in [4.78, 5) is 23.0. The highest BCUT2D eigenvalue weighted by Gasteiger charge is 2.32. The molecule has 0 amide bonds. The third-order valence-corrected chi connectivity index (χ3v) is 4.26. The maximum absolute atomic E-state index is 11.9. The molecule has 1 aromatic carbocycles. The number of hydrogen-bond donors (Lipinski definition) is 1. The van der Waals surface area contributed by atoms with Crippen LogP contribution in [0.4, 0.5) is 0 Å². The first kappa shape index (κ1) is 17.2. The SMILES string of the molecule is C[C@H](NS(=O)(=O)/C=C/c1ccccc1)C(=O)OC1CCOC1=O. The van der Waals surface area contributed by atoms with Crippen molar-refractivity contribution in [3.63, 3.8) is 0 Å². The van der Waals surface area contributed by atoms with Gasteiger partial charge in [0, 0.05) is 11.8 Å². The van der Waals surface area contributed by atoms with Gasteiger partial charge in [0.15, 0.2) is 0 Å². The minimum atomic E-state index is -3.82. The topological polar surface area (TPSA) is 98.8 Å². The lowest BCUT2D eigenvalue weighted by Crippen LogP contribution is -2.40. The Bertz CT molecular complexity index is 698. The van der Waals surface area contributed by atoms with Crippen molar-refractivity contribution in [2.24, 2.45) is 0 Å². The number of ether oxygens (including phenoxy) is 2. The quantitative estimate of drug-likeness (QED) is 0.771. The van der Waals surface area contributed by atoms with Crippen LogP contribution < -0.4 is 4.72 Å². The lowest BCUT2D eigenvalue weighted by molar-refractivity contribution is -0.161. The Morgan fingerprint density at radius 2 is 2.09 bits per heavy atom. The molecule has 0 bridgehead atoms. The van der Waals surface area contributed by atoms with Gasteiger partial charge in [-0.3, -0.25) is 4.79 Å². The molecule has 0 aliphatic carbocycles. The van der Waals surface area contributed by atoms with E-state index in [-0.39, 0.29) is 13.0 Å². The third-order valence-electron chi connectivity index (χ3n) is 3.08. The largest absolute Gasteiger partial charge is 0.463 e. The van der Waals surface area contributed by atoms with E-state index in [0.29, 0.717) is 5.56 Å². The second-order valence-electron chi connectivity index (χ2n) is 4.98. The molecule has 2 atom stereocenters. The molecule has 0 radical (unpaired) electrons. The van der Waals surface area contributed by atoms with Crippen molar-refractivity contribution in [1.82, 2.24) is 4.72 Å². The molecule has 0 saturated carbocycles. The number of carbonyl (C=O) groups excluding carboxylic acids is 2. The fraction of sp³-hybridized carbons (Fsp3) is 0.333. The van der Waals surface area contributed by atoms with Crippen LogP contribution in [0.2, 0.25) is 0 Å². The first-order valence-electron chi connectivity index (χ1n) is 7.00. The predicted molar refractivity (Wildman–Crippen MR) is 82.4 cm³/mol. The lowest BCUT2D eigenvalue weighted by atomic mass is 10.2. The molecule has 1 unspecified atom stereocenters. The van der Waals surface area contributed by atoms with Crippen LogP contribution in [0.5, 0.6) is 0 Å². The first-order valence-corrected chi connectivity index (χ1v) is 8.54. The number of rotatable bonds is 6. The number of cyclic esters (lactones) is 1. The van der Waals surface area contributed by atoms with E-state index in [1.807, 2.05) is 6.07 Å². The summed E-state index contributed by atoms with van der Waals surface area (Å²) in [6, 6.07) is 7.75. The van der Waals surface area contributed by atoms with Crippen molar-refractivity contribution >= 4 is 28.0 Å². The fourth-order valence-corrected chi connectivity index (χ4v) is 2.90. The molecular weight excluding hydrogens is 322 g/mol. The monoisotopic (exact) mass is 339 g/mol. The van der Waals surface area contributed by atoms with Crippen molar-refractivity contribution in [3.05, 3.63) is 41.3 Å². The summed E-state index contributed by atoms with van der Waals surface area (Å²) in [6.45, 7) is 1.53. The summed E-state index contributed by atoms with van der Waals surface area (Å²) in [5.74, 6) is -1.44. The van der Waals surface area contributed by atoms with Gasteiger partial charge in [0.1, 0.15) is 6.04 Å². The molecule has 124 valence electrons. The molecule has 0 aromatic heterocycles. The molecule has 2 rings (SSSR count). The second kappa shape index (κ2) is 7.38. The number of nitrogens with one attached hydrogen (secondary N) is 1. The normalized spacial score (nSPS) is 19.5. The van der Waals surface area contributed by atoms with Gasteiger partial charge in [-0.1, -0.05) is 30.3 Å². The van der Waals surface area contributed by atoms with Gasteiger partial charge < -0.3 is 9.47 Å². The van der Waals surface area contributed by atoms with Gasteiger partial charge >= 0.3 is 11.9 Å². The molecule has 1 heterocycles. The summed E-state index contributed by atoms with van der Waals surface area (Å²) in [6.07, 6.45) is 0.724. The van der Waals surface area contributed by atoms with E-state index in [1.165, 1.54) is 13.0 Å². The van der Waals surface area contributed by atoms with E-state index in [2.05, 4.69) is 9.46 Å². The van der Waals surface area contributed by atoms with Crippen molar-refractivity contribution in [2.45, 2.75) is 25.5 Å². The number of esters is 2. The zero-order chi connectivity index (χ0) is 16.9. The van der Waals surface area contributed by atoms with E-state index in [4.69, 9.17) is 4.74 Å². The summed E-state index contributed by atoms with van der Waals surface area (Å²) >= 11 is 0. The zero-order valence-corrected chi connectivity index (χ0v) is 13.3. The van der Waals surface area contributed by atoms with Crippen LogP contribution in [0, 0.1) is 0 Å². The van der Waals surface area contributed by atoms with Crippen molar-refractivity contribution < 1.29 is 27.5 Å². The standard InChI is InChI=1S/C15H17NO6S/c1-11(14(17)22-13-7-9-21-15(13)18)16-23(19,20)10-8-12-5-3-2-4-6-12/h2-6,8,10-11,13,16H,7,9H2,1H3/b10-8+/t11-,13?/m0/s1. The van der Waals surface area contributed by atoms with Crippen LogP contribution in [0.15, 0.2) is 35.7 Å². The highest BCUT2D eigenvalue weighted by Crippen LogP contribution is 2.11. The third kappa shape index (κ3) is 5.19. The number of carbonyl (C=O) groups is 2. The Hall–Kier alpha value is -2.19. The summed E-state index contributed by atoms with van der Waals surface area (Å²) in [7, 11) is -3.82. The van der Waals surface area contributed by atoms with E-state index < -0.39 is 34.1 Å². The maximum Gasteiger partial charge on any atom is 0.347 e. The minimum Gasteiger partial charge on any atom is -0.463 e. The van der Waals surface area contributed by atoms with E-state index in [9.17, 15) is 18.0 Å². The van der Waals surface area contributed by atoms with Crippen LogP contribution in [-0.2, 0) is 29.1 Å². The van der Waals surface area contributed by atoms with Gasteiger partial charge in [-0.15, -0.1) is 0 Å². The summed E-state index contributed by atoms with van der Waals surface area (Å²) in [5.41, 5.74) is 0.710. The molecule has 8 heteroatoms. The Morgan fingerprint density at radius 3 is 2.70 bits per heavy atom. The van der Waals surface area contributed by atoms with Crippen LogP contribution in [0.3, 0.4) is 0 Å². The fourth-order valence-electron chi connectivity index (χ4n) is 1.89. The van der Waals surface area contributed by atoms with Crippen LogP contribution in [0.1, 0.15) is 18.9 Å². The molecular formula is C15H17NO6S.